The van der Waals surface area contributed by atoms with Crippen LogP contribution in [0.3, 0.4) is 0 Å². The molecule has 134 valence electrons. The molecule has 0 unspecified atom stereocenters. The Kier molecular flexibility index (Phi) is 4.66. The normalized spacial score (nSPS) is 14.1. The van der Waals surface area contributed by atoms with Crippen LogP contribution in [-0.2, 0) is 13.1 Å². The summed E-state index contributed by atoms with van der Waals surface area (Å²) in [4.78, 5) is 19.4. The summed E-state index contributed by atoms with van der Waals surface area (Å²) in [6, 6.07) is 13.8. The van der Waals surface area contributed by atoms with E-state index < -0.39 is 0 Å². The number of fused-ring (bicyclic) bond motifs is 1. The van der Waals surface area contributed by atoms with Crippen molar-refractivity contribution in [2.75, 3.05) is 7.11 Å². The molecule has 0 aliphatic heterocycles. The molecular weight excluding hydrogens is 350 g/mol. The minimum atomic E-state index is -0.104. The number of rotatable bonds is 6. The molecule has 0 spiro atoms. The molecule has 1 aromatic carbocycles. The third-order valence-corrected chi connectivity index (χ3v) is 4.87. The number of pyridine rings is 1. The molecule has 0 amide bonds. The molecule has 1 aliphatic rings. The van der Waals surface area contributed by atoms with Crippen LogP contribution in [0.5, 0.6) is 5.75 Å². The fourth-order valence-electron chi connectivity index (χ4n) is 3.13. The summed E-state index contributed by atoms with van der Waals surface area (Å²) < 4.78 is 6.70. The SMILES string of the molecule is COc1ccc(CN(Cc2cc(=O)n3cc(Cl)ccc3n2)C2CC2)cc1. The smallest absolute Gasteiger partial charge is 0.258 e. The lowest BCUT2D eigenvalue weighted by molar-refractivity contribution is 0.242. The fraction of sp³-hybridized carbons (Fsp3) is 0.300. The molecule has 1 saturated carbocycles. The topological polar surface area (TPSA) is 46.8 Å². The first-order chi connectivity index (χ1) is 12.6. The second-order valence-corrected chi connectivity index (χ2v) is 7.08. The van der Waals surface area contributed by atoms with Gasteiger partial charge in [0.25, 0.3) is 5.56 Å². The van der Waals surface area contributed by atoms with Crippen LogP contribution in [0.1, 0.15) is 24.1 Å². The zero-order valence-electron chi connectivity index (χ0n) is 14.6. The highest BCUT2D eigenvalue weighted by Gasteiger charge is 2.29. The van der Waals surface area contributed by atoms with Gasteiger partial charge in [-0.2, -0.15) is 0 Å². The molecule has 4 rings (SSSR count). The number of hydrogen-bond donors (Lipinski definition) is 0. The summed E-state index contributed by atoms with van der Waals surface area (Å²) in [6.07, 6.45) is 3.99. The van der Waals surface area contributed by atoms with Gasteiger partial charge in [-0.25, -0.2) is 4.98 Å². The Bertz CT molecular complexity index is 981. The molecule has 26 heavy (non-hydrogen) atoms. The van der Waals surface area contributed by atoms with Crippen molar-refractivity contribution >= 4 is 17.2 Å². The van der Waals surface area contributed by atoms with Crippen LogP contribution in [0, 0.1) is 0 Å². The lowest BCUT2D eigenvalue weighted by Crippen LogP contribution is -2.27. The summed E-state index contributed by atoms with van der Waals surface area (Å²) in [6.45, 7) is 1.49. The molecule has 3 aromatic rings. The second kappa shape index (κ2) is 7.09. The summed E-state index contributed by atoms with van der Waals surface area (Å²) in [5.74, 6) is 0.856. The highest BCUT2D eigenvalue weighted by atomic mass is 35.5. The van der Waals surface area contributed by atoms with E-state index in [4.69, 9.17) is 16.3 Å². The molecule has 0 N–H and O–H groups in total. The number of benzene rings is 1. The van der Waals surface area contributed by atoms with Gasteiger partial charge in [0.05, 0.1) is 17.8 Å². The van der Waals surface area contributed by atoms with Crippen LogP contribution in [0.15, 0.2) is 53.5 Å². The lowest BCUT2D eigenvalue weighted by atomic mass is 10.2. The number of halogens is 1. The van der Waals surface area contributed by atoms with Crippen LogP contribution in [0.25, 0.3) is 5.65 Å². The zero-order chi connectivity index (χ0) is 18.1. The summed E-state index contributed by atoms with van der Waals surface area (Å²) in [5, 5.41) is 0.522. The average Bonchev–Trinajstić information content (AvgIpc) is 3.48. The van der Waals surface area contributed by atoms with Crippen molar-refractivity contribution in [2.24, 2.45) is 0 Å². The van der Waals surface area contributed by atoms with Crippen LogP contribution in [0.2, 0.25) is 5.02 Å². The van der Waals surface area contributed by atoms with Crippen molar-refractivity contribution in [3.05, 3.63) is 75.3 Å². The maximum atomic E-state index is 12.4. The molecule has 2 heterocycles. The van der Waals surface area contributed by atoms with Crippen LogP contribution in [-0.4, -0.2) is 27.4 Å². The number of hydrogen-bond acceptors (Lipinski definition) is 4. The Morgan fingerprint density at radius 1 is 1.19 bits per heavy atom. The third-order valence-electron chi connectivity index (χ3n) is 4.65. The number of nitrogens with zero attached hydrogens (tertiary/aromatic N) is 3. The van der Waals surface area contributed by atoms with Gasteiger partial charge in [-0.15, -0.1) is 0 Å². The van der Waals surface area contributed by atoms with Gasteiger partial charge >= 0.3 is 0 Å². The van der Waals surface area contributed by atoms with E-state index in [0.717, 1.165) is 18.0 Å². The molecule has 0 bridgehead atoms. The van der Waals surface area contributed by atoms with Gasteiger partial charge in [0.1, 0.15) is 11.4 Å². The fourth-order valence-corrected chi connectivity index (χ4v) is 3.29. The summed E-state index contributed by atoms with van der Waals surface area (Å²) in [7, 11) is 1.67. The van der Waals surface area contributed by atoms with Crippen LogP contribution in [0.4, 0.5) is 0 Å². The highest BCUT2D eigenvalue weighted by molar-refractivity contribution is 6.30. The minimum absolute atomic E-state index is 0.104. The van der Waals surface area contributed by atoms with E-state index in [1.54, 1.807) is 31.5 Å². The quantitative estimate of drug-likeness (QED) is 0.667. The van der Waals surface area contributed by atoms with E-state index in [1.807, 2.05) is 12.1 Å². The van der Waals surface area contributed by atoms with Crippen molar-refractivity contribution in [2.45, 2.75) is 32.0 Å². The van der Waals surface area contributed by atoms with E-state index >= 15 is 0 Å². The molecule has 0 atom stereocenters. The van der Waals surface area contributed by atoms with Crippen LogP contribution >= 0.6 is 11.6 Å². The molecule has 1 fully saturated rings. The standard InChI is InChI=1S/C20H20ClN3O2/c1-26-18-7-2-14(3-8-18)11-23(17-5-6-17)13-16-10-20(25)24-12-15(21)4-9-19(24)22-16/h2-4,7-10,12,17H,5-6,11,13H2,1H3. The van der Waals surface area contributed by atoms with Gasteiger partial charge in [0.2, 0.25) is 0 Å². The zero-order valence-corrected chi connectivity index (χ0v) is 15.3. The number of ether oxygens (including phenoxy) is 1. The van der Waals surface area contributed by atoms with Gasteiger partial charge in [-0.3, -0.25) is 14.1 Å². The van der Waals surface area contributed by atoms with E-state index in [9.17, 15) is 4.79 Å². The van der Waals surface area contributed by atoms with Crippen molar-refractivity contribution < 1.29 is 4.74 Å². The summed E-state index contributed by atoms with van der Waals surface area (Å²) in [5.41, 5.74) is 2.53. The Morgan fingerprint density at radius 3 is 2.65 bits per heavy atom. The van der Waals surface area contributed by atoms with Gasteiger partial charge < -0.3 is 4.74 Å². The Morgan fingerprint density at radius 2 is 1.96 bits per heavy atom. The second-order valence-electron chi connectivity index (χ2n) is 6.65. The maximum absolute atomic E-state index is 12.4. The third kappa shape index (κ3) is 3.74. The van der Waals surface area contributed by atoms with E-state index in [2.05, 4.69) is 22.0 Å². The molecular formula is C20H20ClN3O2. The largest absolute Gasteiger partial charge is 0.497 e. The monoisotopic (exact) mass is 369 g/mol. The van der Waals surface area contributed by atoms with Gasteiger partial charge in [0, 0.05) is 31.4 Å². The first-order valence-electron chi connectivity index (χ1n) is 8.67. The molecule has 5 nitrogen and oxygen atoms in total. The molecule has 0 radical (unpaired) electrons. The van der Waals surface area contributed by atoms with E-state index in [-0.39, 0.29) is 5.56 Å². The highest BCUT2D eigenvalue weighted by Crippen LogP contribution is 2.29. The Balaban J connectivity index is 1.57. The van der Waals surface area contributed by atoms with E-state index in [0.29, 0.717) is 23.3 Å². The maximum Gasteiger partial charge on any atom is 0.258 e. The number of methoxy groups -OCH3 is 1. The first-order valence-corrected chi connectivity index (χ1v) is 9.05. The van der Waals surface area contributed by atoms with Crippen molar-refractivity contribution in [1.82, 2.24) is 14.3 Å². The Labute approximate surface area is 156 Å². The molecule has 2 aromatic heterocycles. The van der Waals surface area contributed by atoms with E-state index in [1.165, 1.54) is 22.8 Å². The van der Waals surface area contributed by atoms with Crippen LogP contribution < -0.4 is 10.3 Å². The van der Waals surface area contributed by atoms with Crippen molar-refractivity contribution in [3.8, 4) is 5.75 Å². The lowest BCUT2D eigenvalue weighted by Gasteiger charge is -2.22. The minimum Gasteiger partial charge on any atom is -0.497 e. The summed E-state index contributed by atoms with van der Waals surface area (Å²) >= 11 is 5.97. The predicted octanol–water partition coefficient (Wildman–Crippen LogP) is 3.52. The van der Waals surface area contributed by atoms with Gasteiger partial charge in [0.15, 0.2) is 0 Å². The predicted molar refractivity (Wildman–Crippen MR) is 102 cm³/mol. The van der Waals surface area contributed by atoms with Crippen molar-refractivity contribution in [3.63, 3.8) is 0 Å². The van der Waals surface area contributed by atoms with Crippen molar-refractivity contribution in [1.29, 1.82) is 0 Å². The average molecular weight is 370 g/mol. The first kappa shape index (κ1) is 17.1. The molecule has 0 saturated heterocycles. The van der Waals surface area contributed by atoms with Gasteiger partial charge in [-0.05, 0) is 42.7 Å². The van der Waals surface area contributed by atoms with Gasteiger partial charge in [-0.1, -0.05) is 23.7 Å². The Hall–Kier alpha value is -2.37. The number of aromatic nitrogens is 2. The molecule has 1 aliphatic carbocycles. The molecule has 6 heteroatoms.